The van der Waals surface area contributed by atoms with Gasteiger partial charge in [-0.05, 0) is 41.7 Å². The lowest BCUT2D eigenvalue weighted by Gasteiger charge is -2.17. The molecule has 1 saturated heterocycles. The molecular formula is C12H19ClN2OS. The zero-order valence-corrected chi connectivity index (χ0v) is 11.6. The number of amides is 1. The van der Waals surface area contributed by atoms with Gasteiger partial charge in [-0.2, -0.15) is 11.3 Å². The number of nitrogens with two attached hydrogens (primary N) is 1. The molecule has 1 aliphatic rings. The van der Waals surface area contributed by atoms with Crippen LogP contribution in [0.4, 0.5) is 0 Å². The Morgan fingerprint density at radius 2 is 2.47 bits per heavy atom. The quantitative estimate of drug-likeness (QED) is 0.915. The summed E-state index contributed by atoms with van der Waals surface area (Å²) in [5.74, 6) is 0.716. The summed E-state index contributed by atoms with van der Waals surface area (Å²) in [6.07, 6.45) is 1.59. The Morgan fingerprint density at radius 3 is 3.00 bits per heavy atom. The molecule has 3 nitrogen and oxygen atoms in total. The Labute approximate surface area is 112 Å². The first-order chi connectivity index (χ1) is 7.66. The average Bonchev–Trinajstić information content (AvgIpc) is 2.86. The van der Waals surface area contributed by atoms with Crippen molar-refractivity contribution in [3.63, 3.8) is 0 Å². The van der Waals surface area contributed by atoms with E-state index in [9.17, 15) is 4.79 Å². The number of thiophene rings is 1. The van der Waals surface area contributed by atoms with Gasteiger partial charge in [0.2, 0.25) is 5.91 Å². The molecule has 2 atom stereocenters. The van der Waals surface area contributed by atoms with E-state index in [1.54, 1.807) is 11.3 Å². The number of carbonyl (C=O) groups excluding carboxylic acids is 1. The van der Waals surface area contributed by atoms with Crippen molar-refractivity contribution in [3.8, 4) is 0 Å². The predicted octanol–water partition coefficient (Wildman–Crippen LogP) is 1.91. The van der Waals surface area contributed by atoms with Crippen LogP contribution >= 0.6 is 23.7 Å². The molecule has 5 heteroatoms. The van der Waals surface area contributed by atoms with E-state index in [-0.39, 0.29) is 24.4 Å². The van der Waals surface area contributed by atoms with Gasteiger partial charge in [0.05, 0.1) is 6.42 Å². The summed E-state index contributed by atoms with van der Waals surface area (Å²) in [7, 11) is 0. The molecule has 0 spiro atoms. The van der Waals surface area contributed by atoms with Gasteiger partial charge in [-0.3, -0.25) is 4.79 Å². The van der Waals surface area contributed by atoms with Crippen LogP contribution in [0.1, 0.15) is 18.9 Å². The number of hydrogen-bond acceptors (Lipinski definition) is 3. The molecule has 2 N–H and O–H groups in total. The van der Waals surface area contributed by atoms with Gasteiger partial charge in [0.1, 0.15) is 0 Å². The van der Waals surface area contributed by atoms with Crippen LogP contribution in [-0.2, 0) is 11.2 Å². The first kappa shape index (κ1) is 14.5. The van der Waals surface area contributed by atoms with Crippen molar-refractivity contribution in [2.75, 3.05) is 13.1 Å². The van der Waals surface area contributed by atoms with E-state index < -0.39 is 0 Å². The summed E-state index contributed by atoms with van der Waals surface area (Å²) in [6, 6.07) is 2.21. The highest BCUT2D eigenvalue weighted by Crippen LogP contribution is 2.19. The number of carbonyl (C=O) groups is 1. The third-order valence-electron chi connectivity index (χ3n) is 3.26. The van der Waals surface area contributed by atoms with E-state index in [2.05, 4.69) is 0 Å². The second-order valence-electron chi connectivity index (χ2n) is 4.56. The molecule has 0 saturated carbocycles. The van der Waals surface area contributed by atoms with Crippen LogP contribution in [0.2, 0.25) is 0 Å². The number of nitrogens with zero attached hydrogens (tertiary/aromatic N) is 1. The maximum Gasteiger partial charge on any atom is 0.227 e. The molecule has 1 aromatic rings. The zero-order valence-electron chi connectivity index (χ0n) is 9.96. The molecule has 0 bridgehead atoms. The Morgan fingerprint density at radius 1 is 1.71 bits per heavy atom. The summed E-state index contributed by atoms with van der Waals surface area (Å²) in [5, 5.41) is 4.05. The normalized spacial score (nSPS) is 21.1. The third kappa shape index (κ3) is 3.69. The van der Waals surface area contributed by atoms with Crippen LogP contribution in [0.3, 0.4) is 0 Å². The highest BCUT2D eigenvalue weighted by Gasteiger charge is 2.28. The van der Waals surface area contributed by atoms with E-state index in [1.165, 1.54) is 0 Å². The predicted molar refractivity (Wildman–Crippen MR) is 73.6 cm³/mol. The molecule has 17 heavy (non-hydrogen) atoms. The van der Waals surface area contributed by atoms with E-state index in [0.717, 1.165) is 25.1 Å². The summed E-state index contributed by atoms with van der Waals surface area (Å²) in [4.78, 5) is 13.9. The monoisotopic (exact) mass is 274 g/mol. The zero-order chi connectivity index (χ0) is 11.5. The minimum Gasteiger partial charge on any atom is -0.342 e. The van der Waals surface area contributed by atoms with Crippen LogP contribution in [0.15, 0.2) is 16.8 Å². The molecule has 1 fully saturated rings. The highest BCUT2D eigenvalue weighted by atomic mass is 35.5. The van der Waals surface area contributed by atoms with Gasteiger partial charge in [-0.1, -0.05) is 0 Å². The minimum atomic E-state index is 0. The van der Waals surface area contributed by atoms with Crippen molar-refractivity contribution in [1.82, 2.24) is 4.90 Å². The fourth-order valence-electron chi connectivity index (χ4n) is 2.12. The standard InChI is InChI=1S/C12H18N2OS.ClH/c1-9(13)11-2-4-14(7-11)12(15)6-10-3-5-16-8-10;/h3,5,8-9,11H,2,4,6-7,13H2,1H3;1H. The second-order valence-corrected chi connectivity index (χ2v) is 5.34. The SMILES string of the molecule is CC(N)C1CCN(C(=O)Cc2ccsc2)C1.Cl. The summed E-state index contributed by atoms with van der Waals surface area (Å²) >= 11 is 1.64. The lowest BCUT2D eigenvalue weighted by Crippen LogP contribution is -2.33. The van der Waals surface area contributed by atoms with Crippen molar-refractivity contribution < 1.29 is 4.79 Å². The van der Waals surface area contributed by atoms with E-state index in [0.29, 0.717) is 12.3 Å². The molecule has 0 aliphatic carbocycles. The van der Waals surface area contributed by atoms with Crippen molar-refractivity contribution in [2.45, 2.75) is 25.8 Å². The van der Waals surface area contributed by atoms with Gasteiger partial charge < -0.3 is 10.6 Å². The molecule has 2 unspecified atom stereocenters. The van der Waals surface area contributed by atoms with Crippen molar-refractivity contribution in [3.05, 3.63) is 22.4 Å². The topological polar surface area (TPSA) is 46.3 Å². The smallest absolute Gasteiger partial charge is 0.227 e. The van der Waals surface area contributed by atoms with Gasteiger partial charge >= 0.3 is 0 Å². The minimum absolute atomic E-state index is 0. The van der Waals surface area contributed by atoms with Crippen LogP contribution in [0, 0.1) is 5.92 Å². The lowest BCUT2D eigenvalue weighted by molar-refractivity contribution is -0.129. The molecule has 1 aliphatic heterocycles. The Balaban J connectivity index is 0.00000144. The van der Waals surface area contributed by atoms with E-state index in [4.69, 9.17) is 5.73 Å². The molecule has 2 rings (SSSR count). The number of halogens is 1. The summed E-state index contributed by atoms with van der Waals surface area (Å²) in [6.45, 7) is 3.73. The molecule has 0 aromatic carbocycles. The number of rotatable bonds is 3. The van der Waals surface area contributed by atoms with Crippen molar-refractivity contribution in [1.29, 1.82) is 0 Å². The second kappa shape index (κ2) is 6.38. The van der Waals surface area contributed by atoms with E-state index in [1.807, 2.05) is 28.7 Å². The fourth-order valence-corrected chi connectivity index (χ4v) is 2.79. The molecule has 96 valence electrons. The maximum absolute atomic E-state index is 12.0. The van der Waals surface area contributed by atoms with Gasteiger partial charge in [0.15, 0.2) is 0 Å². The van der Waals surface area contributed by atoms with Crippen LogP contribution < -0.4 is 5.73 Å². The Bertz CT molecular complexity index is 353. The first-order valence-electron chi connectivity index (χ1n) is 5.71. The third-order valence-corrected chi connectivity index (χ3v) is 3.99. The summed E-state index contributed by atoms with van der Waals surface area (Å²) < 4.78 is 0. The lowest BCUT2D eigenvalue weighted by atomic mass is 10.0. The van der Waals surface area contributed by atoms with Crippen LogP contribution in [0.25, 0.3) is 0 Å². The molecular weight excluding hydrogens is 256 g/mol. The van der Waals surface area contributed by atoms with Crippen molar-refractivity contribution >= 4 is 29.7 Å². The Hall–Kier alpha value is -0.580. The average molecular weight is 275 g/mol. The molecule has 1 amide bonds. The van der Waals surface area contributed by atoms with Gasteiger partial charge in [-0.25, -0.2) is 0 Å². The molecule has 1 aromatic heterocycles. The Kier molecular flexibility index (Phi) is 5.43. The van der Waals surface area contributed by atoms with Gasteiger partial charge in [0, 0.05) is 19.1 Å². The molecule has 2 heterocycles. The summed E-state index contributed by atoms with van der Waals surface area (Å²) in [5.41, 5.74) is 6.98. The molecule has 0 radical (unpaired) electrons. The maximum atomic E-state index is 12.0. The number of likely N-dealkylation sites (tertiary alicyclic amines) is 1. The van der Waals surface area contributed by atoms with E-state index >= 15 is 0 Å². The largest absolute Gasteiger partial charge is 0.342 e. The van der Waals surface area contributed by atoms with Crippen molar-refractivity contribution in [2.24, 2.45) is 11.7 Å². The van der Waals surface area contributed by atoms with Gasteiger partial charge in [0.25, 0.3) is 0 Å². The first-order valence-corrected chi connectivity index (χ1v) is 6.65. The van der Waals surface area contributed by atoms with Gasteiger partial charge in [-0.15, -0.1) is 12.4 Å². The fraction of sp³-hybridized carbons (Fsp3) is 0.583. The highest BCUT2D eigenvalue weighted by molar-refractivity contribution is 7.07. The van der Waals surface area contributed by atoms with Crippen LogP contribution in [-0.4, -0.2) is 29.9 Å². The van der Waals surface area contributed by atoms with Crippen LogP contribution in [0.5, 0.6) is 0 Å². The number of hydrogen-bond donors (Lipinski definition) is 1.